The first-order valence-corrected chi connectivity index (χ1v) is 6.37. The monoisotopic (exact) mass is 228 g/mol. The van der Waals surface area contributed by atoms with Crippen LogP contribution in [0.15, 0.2) is 0 Å². The Hall–Kier alpha value is -0.120. The smallest absolute Gasteiger partial charge is 0.0969 e. The highest BCUT2D eigenvalue weighted by Gasteiger charge is 2.51. The van der Waals surface area contributed by atoms with Crippen LogP contribution >= 0.6 is 0 Å². The standard InChI is InChI=1S/C13H28N2O/c1-11(2,14)13(5,16)12(3,4)15-9-7-6-8-10-15/h16H,6-10,14H2,1-5H3. The van der Waals surface area contributed by atoms with Crippen LogP contribution in [0.4, 0.5) is 0 Å². The quantitative estimate of drug-likeness (QED) is 0.773. The maximum Gasteiger partial charge on any atom is 0.0969 e. The molecule has 0 aromatic rings. The van der Waals surface area contributed by atoms with Crippen LogP contribution in [0.5, 0.6) is 0 Å². The van der Waals surface area contributed by atoms with Crippen LogP contribution in [0.2, 0.25) is 0 Å². The third kappa shape index (κ3) is 2.27. The first-order valence-electron chi connectivity index (χ1n) is 6.37. The first-order chi connectivity index (χ1) is 7.11. The molecule has 96 valence electrons. The van der Waals surface area contributed by atoms with Gasteiger partial charge in [-0.2, -0.15) is 0 Å². The van der Waals surface area contributed by atoms with Crippen molar-refractivity contribution >= 4 is 0 Å². The van der Waals surface area contributed by atoms with Crippen molar-refractivity contribution in [1.82, 2.24) is 4.90 Å². The van der Waals surface area contributed by atoms with E-state index in [2.05, 4.69) is 18.7 Å². The Kier molecular flexibility index (Phi) is 3.73. The van der Waals surface area contributed by atoms with Crippen molar-refractivity contribution in [2.24, 2.45) is 5.73 Å². The average molecular weight is 228 g/mol. The molecule has 0 radical (unpaired) electrons. The number of piperidine rings is 1. The molecule has 1 aliphatic rings. The molecule has 1 saturated heterocycles. The second-order valence-electron chi connectivity index (χ2n) is 6.40. The summed E-state index contributed by atoms with van der Waals surface area (Å²) in [7, 11) is 0. The van der Waals surface area contributed by atoms with Gasteiger partial charge in [0.05, 0.1) is 5.60 Å². The Bertz CT molecular complexity index is 235. The van der Waals surface area contributed by atoms with Gasteiger partial charge in [0.2, 0.25) is 0 Å². The molecule has 0 saturated carbocycles. The van der Waals surface area contributed by atoms with E-state index in [1.165, 1.54) is 19.3 Å². The molecular weight excluding hydrogens is 200 g/mol. The normalized spacial score (nSPS) is 24.2. The minimum absolute atomic E-state index is 0.286. The highest BCUT2D eigenvalue weighted by molar-refractivity contribution is 5.09. The van der Waals surface area contributed by atoms with Gasteiger partial charge in [0.1, 0.15) is 0 Å². The van der Waals surface area contributed by atoms with Gasteiger partial charge >= 0.3 is 0 Å². The third-order valence-corrected chi connectivity index (χ3v) is 4.59. The van der Waals surface area contributed by atoms with Gasteiger partial charge in [0.25, 0.3) is 0 Å². The molecule has 1 heterocycles. The van der Waals surface area contributed by atoms with Gasteiger partial charge in [-0.3, -0.25) is 4.90 Å². The second kappa shape index (κ2) is 4.28. The van der Waals surface area contributed by atoms with Crippen molar-refractivity contribution < 1.29 is 5.11 Å². The number of hydrogen-bond donors (Lipinski definition) is 2. The predicted molar refractivity (Wildman–Crippen MR) is 68.4 cm³/mol. The number of likely N-dealkylation sites (tertiary alicyclic amines) is 1. The van der Waals surface area contributed by atoms with E-state index in [1.807, 2.05) is 20.8 Å². The maximum atomic E-state index is 10.8. The van der Waals surface area contributed by atoms with Gasteiger partial charge < -0.3 is 10.8 Å². The third-order valence-electron chi connectivity index (χ3n) is 4.59. The van der Waals surface area contributed by atoms with Crippen LogP contribution in [0, 0.1) is 0 Å². The first kappa shape index (κ1) is 13.9. The molecule has 3 nitrogen and oxygen atoms in total. The molecule has 1 fully saturated rings. The maximum absolute atomic E-state index is 10.8. The van der Waals surface area contributed by atoms with Gasteiger partial charge in [0.15, 0.2) is 0 Å². The zero-order chi connectivity index (χ0) is 12.6. The molecular formula is C13H28N2O. The molecule has 0 aliphatic carbocycles. The van der Waals surface area contributed by atoms with E-state index in [-0.39, 0.29) is 5.54 Å². The highest BCUT2D eigenvalue weighted by Crippen LogP contribution is 2.36. The Balaban J connectivity index is 2.90. The summed E-state index contributed by atoms with van der Waals surface area (Å²) in [5.74, 6) is 0. The zero-order valence-electron chi connectivity index (χ0n) is 11.5. The number of hydrogen-bond acceptors (Lipinski definition) is 3. The summed E-state index contributed by atoms with van der Waals surface area (Å²) in [5, 5.41) is 10.8. The Morgan fingerprint density at radius 1 is 0.938 bits per heavy atom. The summed E-state index contributed by atoms with van der Waals surface area (Å²) in [6.45, 7) is 12.0. The predicted octanol–water partition coefficient (Wildman–Crippen LogP) is 1.74. The topological polar surface area (TPSA) is 49.5 Å². The summed E-state index contributed by atoms with van der Waals surface area (Å²) >= 11 is 0. The van der Waals surface area contributed by atoms with Crippen LogP contribution in [-0.4, -0.2) is 39.8 Å². The Labute approximate surface area is 100 Å². The van der Waals surface area contributed by atoms with Crippen LogP contribution in [0.1, 0.15) is 53.9 Å². The van der Waals surface area contributed by atoms with Crippen LogP contribution < -0.4 is 5.73 Å². The number of aliphatic hydroxyl groups is 1. The van der Waals surface area contributed by atoms with Gasteiger partial charge in [-0.15, -0.1) is 0 Å². The van der Waals surface area contributed by atoms with Crippen molar-refractivity contribution in [3.63, 3.8) is 0 Å². The number of rotatable bonds is 3. The van der Waals surface area contributed by atoms with Crippen LogP contribution in [0.3, 0.4) is 0 Å². The molecule has 0 spiro atoms. The van der Waals surface area contributed by atoms with Crippen molar-refractivity contribution in [3.8, 4) is 0 Å². The molecule has 1 unspecified atom stereocenters. The lowest BCUT2D eigenvalue weighted by Crippen LogP contribution is -2.71. The lowest BCUT2D eigenvalue weighted by Gasteiger charge is -2.54. The van der Waals surface area contributed by atoms with E-state index in [9.17, 15) is 5.11 Å². The highest BCUT2D eigenvalue weighted by atomic mass is 16.3. The molecule has 1 atom stereocenters. The molecule has 0 aromatic carbocycles. The van der Waals surface area contributed by atoms with Gasteiger partial charge in [-0.1, -0.05) is 6.42 Å². The molecule has 16 heavy (non-hydrogen) atoms. The molecule has 0 aromatic heterocycles. The lowest BCUT2D eigenvalue weighted by atomic mass is 9.70. The fourth-order valence-electron chi connectivity index (χ4n) is 2.55. The van der Waals surface area contributed by atoms with E-state index in [0.717, 1.165) is 13.1 Å². The van der Waals surface area contributed by atoms with E-state index >= 15 is 0 Å². The molecule has 3 N–H and O–H groups in total. The summed E-state index contributed by atoms with van der Waals surface area (Å²) in [6, 6.07) is 0. The van der Waals surface area contributed by atoms with Gasteiger partial charge in [-0.25, -0.2) is 0 Å². The SMILES string of the molecule is CC(C)(N)C(C)(O)C(C)(C)N1CCCCC1. The molecule has 0 amide bonds. The van der Waals surface area contributed by atoms with Crippen molar-refractivity contribution in [2.45, 2.75) is 70.6 Å². The van der Waals surface area contributed by atoms with Crippen LogP contribution in [-0.2, 0) is 0 Å². The molecule has 3 heteroatoms. The largest absolute Gasteiger partial charge is 0.386 e. The Morgan fingerprint density at radius 3 is 1.75 bits per heavy atom. The summed E-state index contributed by atoms with van der Waals surface area (Å²) in [4.78, 5) is 2.38. The summed E-state index contributed by atoms with van der Waals surface area (Å²) in [5.41, 5.74) is 4.33. The van der Waals surface area contributed by atoms with Crippen molar-refractivity contribution in [3.05, 3.63) is 0 Å². The minimum Gasteiger partial charge on any atom is -0.386 e. The fourth-order valence-corrected chi connectivity index (χ4v) is 2.55. The fraction of sp³-hybridized carbons (Fsp3) is 1.00. The van der Waals surface area contributed by atoms with Gasteiger partial charge in [-0.05, 0) is 60.5 Å². The average Bonchev–Trinajstić information content (AvgIpc) is 2.17. The Morgan fingerprint density at radius 2 is 1.38 bits per heavy atom. The minimum atomic E-state index is -0.905. The molecule has 0 bridgehead atoms. The van der Waals surface area contributed by atoms with E-state index in [4.69, 9.17) is 5.73 Å². The summed E-state index contributed by atoms with van der Waals surface area (Å²) in [6.07, 6.45) is 3.76. The number of nitrogens with zero attached hydrogens (tertiary/aromatic N) is 1. The number of nitrogens with two attached hydrogens (primary N) is 1. The summed E-state index contributed by atoms with van der Waals surface area (Å²) < 4.78 is 0. The zero-order valence-corrected chi connectivity index (χ0v) is 11.5. The van der Waals surface area contributed by atoms with Crippen LogP contribution in [0.25, 0.3) is 0 Å². The lowest BCUT2D eigenvalue weighted by molar-refractivity contribution is -0.127. The molecule has 1 rings (SSSR count). The van der Waals surface area contributed by atoms with Crippen molar-refractivity contribution in [2.75, 3.05) is 13.1 Å². The van der Waals surface area contributed by atoms with E-state index < -0.39 is 11.1 Å². The second-order valence-corrected chi connectivity index (χ2v) is 6.40. The van der Waals surface area contributed by atoms with Crippen molar-refractivity contribution in [1.29, 1.82) is 0 Å². The van der Waals surface area contributed by atoms with E-state index in [1.54, 1.807) is 0 Å². The molecule has 1 aliphatic heterocycles. The van der Waals surface area contributed by atoms with E-state index in [0.29, 0.717) is 0 Å². The van der Waals surface area contributed by atoms with Gasteiger partial charge in [0, 0.05) is 11.1 Å².